The number of carbonyl (C=O) groups is 1. The molecular formula is C14H10ClNO5. The van der Waals surface area contributed by atoms with Gasteiger partial charge >= 0.3 is 5.97 Å². The minimum absolute atomic E-state index is 0.0607. The van der Waals surface area contributed by atoms with Crippen molar-refractivity contribution in [2.75, 3.05) is 0 Å². The minimum Gasteiger partial charge on any atom is -0.478 e. The van der Waals surface area contributed by atoms with Gasteiger partial charge in [-0.2, -0.15) is 0 Å². The third-order valence-corrected chi connectivity index (χ3v) is 3.00. The lowest BCUT2D eigenvalue weighted by Gasteiger charge is -2.11. The van der Waals surface area contributed by atoms with E-state index in [0.717, 1.165) is 0 Å². The molecule has 2 aromatic rings. The quantitative estimate of drug-likeness (QED) is 0.680. The molecule has 0 aromatic heterocycles. The molecule has 0 spiro atoms. The minimum atomic E-state index is -1.17. The summed E-state index contributed by atoms with van der Waals surface area (Å²) in [6.07, 6.45) is 0. The molecule has 0 bridgehead atoms. The first-order chi connectivity index (χ1) is 9.88. The Balaban J connectivity index is 2.39. The molecule has 2 aromatic carbocycles. The zero-order valence-corrected chi connectivity index (χ0v) is 11.6. The number of non-ortho nitro benzene ring substituents is 1. The van der Waals surface area contributed by atoms with Crippen LogP contribution in [0.15, 0.2) is 36.4 Å². The number of aryl methyl sites for hydroxylation is 1. The highest BCUT2D eigenvalue weighted by atomic mass is 35.5. The molecule has 0 aliphatic carbocycles. The van der Waals surface area contributed by atoms with Gasteiger partial charge in [0.25, 0.3) is 5.69 Å². The van der Waals surface area contributed by atoms with Crippen LogP contribution in [0.5, 0.6) is 11.5 Å². The lowest BCUT2D eigenvalue weighted by atomic mass is 10.2. The van der Waals surface area contributed by atoms with Crippen LogP contribution in [-0.4, -0.2) is 16.0 Å². The Morgan fingerprint density at radius 1 is 1.24 bits per heavy atom. The van der Waals surface area contributed by atoms with Crippen LogP contribution in [0.25, 0.3) is 0 Å². The number of rotatable bonds is 4. The van der Waals surface area contributed by atoms with Crippen molar-refractivity contribution in [2.45, 2.75) is 6.92 Å². The van der Waals surface area contributed by atoms with Gasteiger partial charge in [0.2, 0.25) is 0 Å². The van der Waals surface area contributed by atoms with Crippen LogP contribution in [0.3, 0.4) is 0 Å². The first kappa shape index (κ1) is 14.8. The molecule has 6 nitrogen and oxygen atoms in total. The van der Waals surface area contributed by atoms with Gasteiger partial charge in [0.1, 0.15) is 17.1 Å². The summed E-state index contributed by atoms with van der Waals surface area (Å²) in [5, 5.41) is 20.1. The van der Waals surface area contributed by atoms with Gasteiger partial charge in [-0.05, 0) is 36.8 Å². The van der Waals surface area contributed by atoms with Crippen molar-refractivity contribution in [1.82, 2.24) is 0 Å². The SMILES string of the molecule is Cc1cc([N+](=O)[O-])ccc1Oc1ccc(Cl)cc1C(=O)O. The van der Waals surface area contributed by atoms with E-state index >= 15 is 0 Å². The molecule has 1 N–H and O–H groups in total. The van der Waals surface area contributed by atoms with E-state index in [1.807, 2.05) is 0 Å². The Labute approximate surface area is 124 Å². The molecule has 0 amide bonds. The lowest BCUT2D eigenvalue weighted by Crippen LogP contribution is -2.00. The fourth-order valence-corrected chi connectivity index (χ4v) is 1.91. The van der Waals surface area contributed by atoms with Crippen LogP contribution in [0.1, 0.15) is 15.9 Å². The van der Waals surface area contributed by atoms with Gasteiger partial charge in [-0.3, -0.25) is 10.1 Å². The fourth-order valence-electron chi connectivity index (χ4n) is 1.74. The van der Waals surface area contributed by atoms with Gasteiger partial charge in [0.15, 0.2) is 0 Å². The Morgan fingerprint density at radius 3 is 2.48 bits per heavy atom. The van der Waals surface area contributed by atoms with E-state index in [4.69, 9.17) is 21.4 Å². The summed E-state index contributed by atoms with van der Waals surface area (Å²) in [6, 6.07) is 8.29. The molecule has 0 saturated carbocycles. The molecule has 0 saturated heterocycles. The monoisotopic (exact) mass is 307 g/mol. The zero-order chi connectivity index (χ0) is 15.6. The van der Waals surface area contributed by atoms with Crippen LogP contribution in [0.2, 0.25) is 5.02 Å². The van der Waals surface area contributed by atoms with Crippen LogP contribution in [0.4, 0.5) is 5.69 Å². The smallest absolute Gasteiger partial charge is 0.339 e. The van der Waals surface area contributed by atoms with E-state index in [1.54, 1.807) is 6.92 Å². The van der Waals surface area contributed by atoms with E-state index in [1.165, 1.54) is 36.4 Å². The number of nitro groups is 1. The first-order valence-electron chi connectivity index (χ1n) is 5.84. The molecule has 0 radical (unpaired) electrons. The Morgan fingerprint density at radius 2 is 1.90 bits per heavy atom. The molecule has 0 aliphatic heterocycles. The molecule has 0 atom stereocenters. The molecule has 7 heteroatoms. The summed E-state index contributed by atoms with van der Waals surface area (Å²) in [5.41, 5.74) is 0.380. The third-order valence-electron chi connectivity index (χ3n) is 2.76. The fraction of sp³-hybridized carbons (Fsp3) is 0.0714. The molecule has 108 valence electrons. The molecule has 0 heterocycles. The summed E-state index contributed by atoms with van der Waals surface area (Å²) < 4.78 is 5.53. The average molecular weight is 308 g/mol. The largest absolute Gasteiger partial charge is 0.478 e. The highest BCUT2D eigenvalue weighted by molar-refractivity contribution is 6.31. The number of ether oxygens (including phenoxy) is 1. The molecular weight excluding hydrogens is 298 g/mol. The van der Waals surface area contributed by atoms with Crippen LogP contribution in [0, 0.1) is 17.0 Å². The standard InChI is InChI=1S/C14H10ClNO5/c1-8-6-10(16(19)20)3-5-12(8)21-13-4-2-9(15)7-11(13)14(17)18/h2-7H,1H3,(H,17,18). The molecule has 21 heavy (non-hydrogen) atoms. The number of carboxylic acid groups (broad SMARTS) is 1. The Hall–Kier alpha value is -2.60. The highest BCUT2D eigenvalue weighted by Crippen LogP contribution is 2.31. The summed E-state index contributed by atoms with van der Waals surface area (Å²) in [4.78, 5) is 21.3. The number of carboxylic acids is 1. The Kier molecular flexibility index (Phi) is 4.09. The molecule has 0 aliphatic rings. The summed E-state index contributed by atoms with van der Waals surface area (Å²) in [7, 11) is 0. The number of hydrogen-bond acceptors (Lipinski definition) is 4. The van der Waals surface area contributed by atoms with E-state index in [-0.39, 0.29) is 22.0 Å². The van der Waals surface area contributed by atoms with Gasteiger partial charge in [0, 0.05) is 17.2 Å². The number of benzene rings is 2. The van der Waals surface area contributed by atoms with Gasteiger partial charge < -0.3 is 9.84 Å². The first-order valence-corrected chi connectivity index (χ1v) is 6.22. The molecule has 2 rings (SSSR count). The van der Waals surface area contributed by atoms with E-state index < -0.39 is 10.9 Å². The van der Waals surface area contributed by atoms with Gasteiger partial charge in [-0.15, -0.1) is 0 Å². The van der Waals surface area contributed by atoms with Crippen LogP contribution in [-0.2, 0) is 0 Å². The van der Waals surface area contributed by atoms with Crippen molar-refractivity contribution in [1.29, 1.82) is 0 Å². The predicted octanol–water partition coefficient (Wildman–Crippen LogP) is 4.05. The van der Waals surface area contributed by atoms with Gasteiger partial charge in [-0.1, -0.05) is 11.6 Å². The van der Waals surface area contributed by atoms with Crippen molar-refractivity contribution in [3.05, 3.63) is 62.7 Å². The average Bonchev–Trinajstić information content (AvgIpc) is 2.42. The predicted molar refractivity (Wildman–Crippen MR) is 76.3 cm³/mol. The number of hydrogen-bond donors (Lipinski definition) is 1. The van der Waals surface area contributed by atoms with Crippen molar-refractivity contribution in [3.8, 4) is 11.5 Å². The van der Waals surface area contributed by atoms with Crippen molar-refractivity contribution in [3.63, 3.8) is 0 Å². The summed E-state index contributed by atoms with van der Waals surface area (Å²) in [6.45, 7) is 1.64. The zero-order valence-electron chi connectivity index (χ0n) is 10.9. The van der Waals surface area contributed by atoms with Gasteiger partial charge in [-0.25, -0.2) is 4.79 Å². The maximum absolute atomic E-state index is 11.2. The maximum atomic E-state index is 11.2. The lowest BCUT2D eigenvalue weighted by molar-refractivity contribution is -0.384. The summed E-state index contributed by atoms with van der Waals surface area (Å²) in [5.74, 6) is -0.721. The van der Waals surface area contributed by atoms with Crippen molar-refractivity contribution < 1.29 is 19.6 Å². The van der Waals surface area contributed by atoms with Crippen LogP contribution >= 0.6 is 11.6 Å². The second-order valence-corrected chi connectivity index (χ2v) is 4.69. The number of halogens is 1. The van der Waals surface area contributed by atoms with Gasteiger partial charge in [0.05, 0.1) is 4.92 Å². The number of nitro benzene ring substituents is 1. The number of nitrogens with zero attached hydrogens (tertiary/aromatic N) is 1. The molecule has 0 fully saturated rings. The van der Waals surface area contributed by atoms with Crippen LogP contribution < -0.4 is 4.74 Å². The van der Waals surface area contributed by atoms with E-state index in [0.29, 0.717) is 11.3 Å². The second kappa shape index (κ2) is 5.80. The van der Waals surface area contributed by atoms with Crippen molar-refractivity contribution >= 4 is 23.3 Å². The normalized spacial score (nSPS) is 10.2. The van der Waals surface area contributed by atoms with E-state index in [9.17, 15) is 14.9 Å². The highest BCUT2D eigenvalue weighted by Gasteiger charge is 2.15. The van der Waals surface area contributed by atoms with E-state index in [2.05, 4.69) is 0 Å². The maximum Gasteiger partial charge on any atom is 0.339 e. The third kappa shape index (κ3) is 3.29. The summed E-state index contributed by atoms with van der Waals surface area (Å²) >= 11 is 5.76. The topological polar surface area (TPSA) is 89.7 Å². The van der Waals surface area contributed by atoms with Crippen molar-refractivity contribution in [2.24, 2.45) is 0 Å². The number of aromatic carboxylic acids is 1. The Bertz CT molecular complexity index is 729. The molecule has 0 unspecified atom stereocenters. The second-order valence-electron chi connectivity index (χ2n) is 4.25.